The van der Waals surface area contributed by atoms with E-state index in [0.717, 1.165) is 15.2 Å². The SMILES string of the molecule is CC(C)(C)OC(=O)n1cc(I)c2cc(C=O)cnc21. The highest BCUT2D eigenvalue weighted by Gasteiger charge is 2.21. The molecule has 0 aliphatic heterocycles. The van der Waals surface area contributed by atoms with Crippen molar-refractivity contribution in [1.29, 1.82) is 0 Å². The molecule has 2 rings (SSSR count). The average molecular weight is 372 g/mol. The summed E-state index contributed by atoms with van der Waals surface area (Å²) in [5.74, 6) is 0. The molecule has 19 heavy (non-hydrogen) atoms. The number of fused-ring (bicyclic) bond motifs is 1. The summed E-state index contributed by atoms with van der Waals surface area (Å²) in [5, 5.41) is 0.760. The third-order valence-electron chi connectivity index (χ3n) is 2.34. The second-order valence-electron chi connectivity index (χ2n) is 5.09. The molecule has 0 fully saturated rings. The normalized spacial score (nSPS) is 11.6. The molecule has 0 saturated heterocycles. The van der Waals surface area contributed by atoms with E-state index in [1.807, 2.05) is 0 Å². The summed E-state index contributed by atoms with van der Waals surface area (Å²) in [7, 11) is 0. The Morgan fingerprint density at radius 1 is 1.47 bits per heavy atom. The molecule has 2 aromatic heterocycles. The van der Waals surface area contributed by atoms with E-state index < -0.39 is 11.7 Å². The maximum Gasteiger partial charge on any atom is 0.420 e. The highest BCUT2D eigenvalue weighted by Crippen LogP contribution is 2.23. The molecule has 100 valence electrons. The maximum absolute atomic E-state index is 12.1. The molecule has 5 nitrogen and oxygen atoms in total. The van der Waals surface area contributed by atoms with E-state index in [1.165, 1.54) is 10.8 Å². The van der Waals surface area contributed by atoms with Crippen LogP contribution in [0, 0.1) is 3.57 Å². The first-order valence-electron chi connectivity index (χ1n) is 5.67. The number of hydrogen-bond acceptors (Lipinski definition) is 4. The fourth-order valence-electron chi connectivity index (χ4n) is 1.60. The number of pyridine rings is 1. The molecule has 0 bridgehead atoms. The lowest BCUT2D eigenvalue weighted by molar-refractivity contribution is 0.0543. The number of hydrogen-bond donors (Lipinski definition) is 0. The summed E-state index contributed by atoms with van der Waals surface area (Å²) < 4.78 is 7.51. The zero-order chi connectivity index (χ0) is 14.2. The van der Waals surface area contributed by atoms with Crippen LogP contribution in [0.4, 0.5) is 4.79 Å². The van der Waals surface area contributed by atoms with Gasteiger partial charge in [-0.15, -0.1) is 0 Å². The Kier molecular flexibility index (Phi) is 3.62. The molecule has 2 heterocycles. The molecule has 0 aromatic carbocycles. The van der Waals surface area contributed by atoms with Crippen LogP contribution in [0.25, 0.3) is 11.0 Å². The third-order valence-corrected chi connectivity index (χ3v) is 3.20. The van der Waals surface area contributed by atoms with Crippen molar-refractivity contribution in [3.63, 3.8) is 0 Å². The molecule has 0 unspecified atom stereocenters. The van der Waals surface area contributed by atoms with E-state index in [9.17, 15) is 9.59 Å². The largest absolute Gasteiger partial charge is 0.443 e. The van der Waals surface area contributed by atoms with Gasteiger partial charge in [0.1, 0.15) is 5.60 Å². The van der Waals surface area contributed by atoms with Gasteiger partial charge in [-0.25, -0.2) is 14.3 Å². The van der Waals surface area contributed by atoms with Crippen molar-refractivity contribution >= 4 is 46.0 Å². The minimum atomic E-state index is -0.568. The van der Waals surface area contributed by atoms with Gasteiger partial charge in [-0.3, -0.25) is 4.79 Å². The van der Waals surface area contributed by atoms with Crippen LogP contribution in [0.1, 0.15) is 31.1 Å². The zero-order valence-electron chi connectivity index (χ0n) is 10.8. The van der Waals surface area contributed by atoms with Crippen molar-refractivity contribution in [3.8, 4) is 0 Å². The molecule has 0 saturated carbocycles. The first kappa shape index (κ1) is 14.0. The summed E-state index contributed by atoms with van der Waals surface area (Å²) in [6.07, 6.45) is 3.34. The van der Waals surface area contributed by atoms with Crippen LogP contribution in [0.3, 0.4) is 0 Å². The highest BCUT2D eigenvalue weighted by atomic mass is 127. The van der Waals surface area contributed by atoms with E-state index >= 15 is 0 Å². The van der Waals surface area contributed by atoms with Crippen molar-refractivity contribution in [3.05, 3.63) is 27.6 Å². The molecule has 0 amide bonds. The molecular weight excluding hydrogens is 359 g/mol. The first-order chi connectivity index (χ1) is 8.81. The third kappa shape index (κ3) is 2.94. The lowest BCUT2D eigenvalue weighted by atomic mass is 10.2. The topological polar surface area (TPSA) is 61.2 Å². The molecule has 0 N–H and O–H groups in total. The fraction of sp³-hybridized carbons (Fsp3) is 0.308. The molecule has 0 radical (unpaired) electrons. The Bertz CT molecular complexity index is 656. The molecule has 0 aliphatic carbocycles. The van der Waals surface area contributed by atoms with Gasteiger partial charge < -0.3 is 4.74 Å². The van der Waals surface area contributed by atoms with Crippen LogP contribution in [0.15, 0.2) is 18.5 Å². The number of aromatic nitrogens is 2. The standard InChI is InChI=1S/C13H13IN2O3/c1-13(2,3)19-12(18)16-6-10(14)9-4-8(7-17)5-15-11(9)16/h4-7H,1-3H3. The number of nitrogens with zero attached hydrogens (tertiary/aromatic N) is 2. The van der Waals surface area contributed by atoms with E-state index in [2.05, 4.69) is 27.6 Å². The maximum atomic E-state index is 12.1. The van der Waals surface area contributed by atoms with E-state index in [1.54, 1.807) is 33.0 Å². The Morgan fingerprint density at radius 3 is 2.74 bits per heavy atom. The molecule has 2 aromatic rings. The quantitative estimate of drug-likeness (QED) is 0.570. The number of rotatable bonds is 1. The summed E-state index contributed by atoms with van der Waals surface area (Å²) in [5.41, 5.74) is 0.401. The molecule has 6 heteroatoms. The Morgan fingerprint density at radius 2 is 2.16 bits per heavy atom. The molecule has 0 atom stereocenters. The summed E-state index contributed by atoms with van der Waals surface area (Å²) in [6.45, 7) is 5.42. The molecular formula is C13H13IN2O3. The molecule has 0 spiro atoms. The van der Waals surface area contributed by atoms with Crippen molar-refractivity contribution in [2.75, 3.05) is 0 Å². The summed E-state index contributed by atoms with van der Waals surface area (Å²) in [6, 6.07) is 1.71. The monoisotopic (exact) mass is 372 g/mol. The Hall–Kier alpha value is -1.44. The number of ether oxygens (including phenoxy) is 1. The van der Waals surface area contributed by atoms with E-state index in [-0.39, 0.29) is 0 Å². The fourth-order valence-corrected chi connectivity index (χ4v) is 2.28. The van der Waals surface area contributed by atoms with Crippen LogP contribution in [-0.2, 0) is 4.74 Å². The Balaban J connectivity index is 2.51. The number of carbonyl (C=O) groups excluding carboxylic acids is 2. The Labute approximate surface area is 124 Å². The van der Waals surface area contributed by atoms with Gasteiger partial charge in [-0.2, -0.15) is 0 Å². The van der Waals surface area contributed by atoms with Gasteiger partial charge in [-0.1, -0.05) is 0 Å². The smallest absolute Gasteiger partial charge is 0.420 e. The highest BCUT2D eigenvalue weighted by molar-refractivity contribution is 14.1. The van der Waals surface area contributed by atoms with Gasteiger partial charge in [0.15, 0.2) is 11.9 Å². The van der Waals surface area contributed by atoms with Gasteiger partial charge in [0, 0.05) is 26.9 Å². The van der Waals surface area contributed by atoms with Crippen LogP contribution in [0.5, 0.6) is 0 Å². The second kappa shape index (κ2) is 4.92. The first-order valence-corrected chi connectivity index (χ1v) is 6.75. The van der Waals surface area contributed by atoms with Gasteiger partial charge in [0.05, 0.1) is 0 Å². The van der Waals surface area contributed by atoms with E-state index in [4.69, 9.17) is 4.74 Å². The minimum Gasteiger partial charge on any atom is -0.443 e. The average Bonchev–Trinajstić information content (AvgIpc) is 2.64. The zero-order valence-corrected chi connectivity index (χ0v) is 13.0. The van der Waals surface area contributed by atoms with Gasteiger partial charge in [-0.05, 0) is 49.4 Å². The van der Waals surface area contributed by atoms with Gasteiger partial charge in [0.2, 0.25) is 0 Å². The van der Waals surface area contributed by atoms with Gasteiger partial charge >= 0.3 is 6.09 Å². The summed E-state index contributed by atoms with van der Waals surface area (Å²) in [4.78, 5) is 27.0. The predicted molar refractivity (Wildman–Crippen MR) is 79.5 cm³/mol. The van der Waals surface area contributed by atoms with Crippen LogP contribution in [-0.4, -0.2) is 27.5 Å². The van der Waals surface area contributed by atoms with E-state index in [0.29, 0.717) is 11.2 Å². The number of carbonyl (C=O) groups is 2. The predicted octanol–water partition coefficient (Wildman–Crippen LogP) is 3.24. The second-order valence-corrected chi connectivity index (χ2v) is 6.25. The van der Waals surface area contributed by atoms with Crippen LogP contribution in [0.2, 0.25) is 0 Å². The van der Waals surface area contributed by atoms with Crippen LogP contribution < -0.4 is 0 Å². The van der Waals surface area contributed by atoms with Crippen LogP contribution >= 0.6 is 22.6 Å². The van der Waals surface area contributed by atoms with Gasteiger partial charge in [0.25, 0.3) is 0 Å². The minimum absolute atomic E-state index is 0.479. The lowest BCUT2D eigenvalue weighted by Gasteiger charge is -2.19. The lowest BCUT2D eigenvalue weighted by Crippen LogP contribution is -2.26. The summed E-state index contributed by atoms with van der Waals surface area (Å²) >= 11 is 2.10. The number of halogens is 1. The van der Waals surface area contributed by atoms with Crippen molar-refractivity contribution in [1.82, 2.24) is 9.55 Å². The van der Waals surface area contributed by atoms with Crippen molar-refractivity contribution in [2.24, 2.45) is 0 Å². The molecule has 0 aliphatic rings. The van der Waals surface area contributed by atoms with Crippen molar-refractivity contribution in [2.45, 2.75) is 26.4 Å². The number of aldehydes is 1. The van der Waals surface area contributed by atoms with Crippen molar-refractivity contribution < 1.29 is 14.3 Å².